The number of hydrogen-bond donors (Lipinski definition) is 0. The third kappa shape index (κ3) is 0.603. The largest absolute Gasteiger partial charge is 0.305 e. The fraction of sp³-hybridized carbons (Fsp3) is 0. The van der Waals surface area contributed by atoms with Gasteiger partial charge in [-0.3, -0.25) is 0 Å². The molecule has 0 amide bonds. The highest BCUT2D eigenvalue weighted by molar-refractivity contribution is 5.39. The van der Waals surface area contributed by atoms with E-state index in [4.69, 9.17) is 0 Å². The van der Waals surface area contributed by atoms with Gasteiger partial charge in [0.2, 0.25) is 0 Å². The van der Waals surface area contributed by atoms with E-state index in [1.807, 2.05) is 0 Å². The Bertz CT molecular complexity index is 353. The molecule has 2 heterocycles. The number of pyridine rings is 1. The van der Waals surface area contributed by atoms with Gasteiger partial charge in [0.05, 0.1) is 0 Å². The van der Waals surface area contributed by atoms with Gasteiger partial charge in [-0.2, -0.15) is 0 Å². The van der Waals surface area contributed by atoms with Crippen LogP contribution in [0.25, 0.3) is 5.65 Å². The van der Waals surface area contributed by atoms with E-state index in [0.717, 1.165) is 0 Å². The lowest BCUT2D eigenvalue weighted by atomic mass is 10.4. The van der Waals surface area contributed by atoms with Crippen LogP contribution in [0, 0.1) is 5.82 Å². The summed E-state index contributed by atoms with van der Waals surface area (Å²) in [4.78, 5) is 3.81. The summed E-state index contributed by atoms with van der Waals surface area (Å²) in [5.74, 6) is -0.285. The van der Waals surface area contributed by atoms with E-state index < -0.39 is 0 Å². The highest BCUT2D eigenvalue weighted by Crippen LogP contribution is 2.04. The Balaban J connectivity index is 2.95. The van der Waals surface area contributed by atoms with Crippen LogP contribution in [0.4, 0.5) is 4.39 Å². The highest BCUT2D eigenvalue weighted by atomic mass is 19.1. The third-order valence-corrected chi connectivity index (χ3v) is 1.37. The molecule has 0 aliphatic rings. The van der Waals surface area contributed by atoms with Crippen LogP contribution in [0.1, 0.15) is 0 Å². The zero-order valence-corrected chi connectivity index (χ0v) is 5.16. The molecule has 10 heavy (non-hydrogen) atoms. The van der Waals surface area contributed by atoms with Crippen molar-refractivity contribution < 1.29 is 4.39 Å². The summed E-state index contributed by atoms with van der Waals surface area (Å²) in [6.07, 6.45) is 5.03. The van der Waals surface area contributed by atoms with Crippen molar-refractivity contribution in [3.8, 4) is 0 Å². The molecule has 2 rings (SSSR count). The first-order valence-electron chi connectivity index (χ1n) is 2.95. The molecule has 0 aliphatic heterocycles. The molecule has 0 fully saturated rings. The lowest BCUT2D eigenvalue weighted by Crippen LogP contribution is -1.84. The van der Waals surface area contributed by atoms with Gasteiger partial charge in [-0.25, -0.2) is 9.37 Å². The van der Waals surface area contributed by atoms with E-state index in [0.29, 0.717) is 5.65 Å². The number of nitrogens with zero attached hydrogens (tertiary/aromatic N) is 2. The number of rotatable bonds is 0. The Labute approximate surface area is 56.9 Å². The van der Waals surface area contributed by atoms with Crippen LogP contribution in [0.3, 0.4) is 0 Å². The fourth-order valence-corrected chi connectivity index (χ4v) is 0.913. The topological polar surface area (TPSA) is 17.3 Å². The smallest absolute Gasteiger partial charge is 0.173 e. The normalized spacial score (nSPS) is 10.5. The van der Waals surface area contributed by atoms with Gasteiger partial charge in [-0.15, -0.1) is 0 Å². The fourth-order valence-electron chi connectivity index (χ4n) is 0.913. The van der Waals surface area contributed by atoms with E-state index in [1.165, 1.54) is 6.07 Å². The Kier molecular flexibility index (Phi) is 0.974. The van der Waals surface area contributed by atoms with Crippen LogP contribution in [-0.2, 0) is 0 Å². The van der Waals surface area contributed by atoms with Crippen molar-refractivity contribution in [1.29, 1.82) is 0 Å². The van der Waals surface area contributed by atoms with E-state index in [1.54, 1.807) is 29.1 Å². The zero-order chi connectivity index (χ0) is 6.97. The average molecular weight is 136 g/mol. The molecule has 2 aromatic heterocycles. The maximum Gasteiger partial charge on any atom is 0.173 e. The molecule has 2 nitrogen and oxygen atoms in total. The van der Waals surface area contributed by atoms with Gasteiger partial charge in [-0.1, -0.05) is 0 Å². The maximum atomic E-state index is 12.7. The Hall–Kier alpha value is -1.38. The third-order valence-electron chi connectivity index (χ3n) is 1.37. The SMILES string of the molecule is Fc1cccn2ccnc12. The number of aromatic nitrogens is 2. The standard InChI is InChI=1S/C7H5FN2/c8-6-2-1-4-10-5-3-9-7(6)10/h1-5H. The second-order valence-corrected chi connectivity index (χ2v) is 2.01. The van der Waals surface area contributed by atoms with E-state index >= 15 is 0 Å². The molecule has 0 N–H and O–H groups in total. The second-order valence-electron chi connectivity index (χ2n) is 2.01. The van der Waals surface area contributed by atoms with E-state index in [-0.39, 0.29) is 5.82 Å². The van der Waals surface area contributed by atoms with Crippen LogP contribution < -0.4 is 0 Å². The van der Waals surface area contributed by atoms with Crippen molar-refractivity contribution in [2.24, 2.45) is 0 Å². The van der Waals surface area contributed by atoms with Gasteiger partial charge in [0.15, 0.2) is 11.5 Å². The van der Waals surface area contributed by atoms with Crippen molar-refractivity contribution in [3.63, 3.8) is 0 Å². The van der Waals surface area contributed by atoms with Crippen molar-refractivity contribution in [1.82, 2.24) is 9.38 Å². The molecule has 50 valence electrons. The van der Waals surface area contributed by atoms with Gasteiger partial charge in [-0.05, 0) is 12.1 Å². The minimum absolute atomic E-state index is 0.285. The Morgan fingerprint density at radius 1 is 1.40 bits per heavy atom. The van der Waals surface area contributed by atoms with Crippen molar-refractivity contribution in [2.45, 2.75) is 0 Å². The quantitative estimate of drug-likeness (QED) is 0.536. The van der Waals surface area contributed by atoms with Crippen molar-refractivity contribution in [2.75, 3.05) is 0 Å². The van der Waals surface area contributed by atoms with Gasteiger partial charge < -0.3 is 4.40 Å². The van der Waals surface area contributed by atoms with Crippen molar-refractivity contribution >= 4 is 5.65 Å². The molecular formula is C7H5FN2. The van der Waals surface area contributed by atoms with Gasteiger partial charge in [0.1, 0.15) is 0 Å². The molecule has 0 aromatic carbocycles. The average Bonchev–Trinajstić information content (AvgIpc) is 2.36. The van der Waals surface area contributed by atoms with Crippen LogP contribution in [0.15, 0.2) is 30.7 Å². The van der Waals surface area contributed by atoms with Crippen LogP contribution in [0.5, 0.6) is 0 Å². The lowest BCUT2D eigenvalue weighted by molar-refractivity contribution is 0.630. The molecule has 0 saturated carbocycles. The first kappa shape index (κ1) is 5.41. The summed E-state index contributed by atoms with van der Waals surface area (Å²) in [7, 11) is 0. The minimum Gasteiger partial charge on any atom is -0.305 e. The zero-order valence-electron chi connectivity index (χ0n) is 5.16. The van der Waals surface area contributed by atoms with Crippen LogP contribution >= 0.6 is 0 Å². The van der Waals surface area contributed by atoms with Gasteiger partial charge >= 0.3 is 0 Å². The maximum absolute atomic E-state index is 12.7. The molecule has 0 saturated heterocycles. The summed E-state index contributed by atoms with van der Waals surface area (Å²) < 4.78 is 14.4. The molecular weight excluding hydrogens is 131 g/mol. The minimum atomic E-state index is -0.285. The summed E-state index contributed by atoms with van der Waals surface area (Å²) in [6, 6.07) is 3.03. The molecule has 0 radical (unpaired) electrons. The highest BCUT2D eigenvalue weighted by Gasteiger charge is 1.97. The van der Waals surface area contributed by atoms with Gasteiger partial charge in [0.25, 0.3) is 0 Å². The Morgan fingerprint density at radius 2 is 2.30 bits per heavy atom. The monoisotopic (exact) mass is 136 g/mol. The summed E-state index contributed by atoms with van der Waals surface area (Å²) in [5, 5.41) is 0. The predicted octanol–water partition coefficient (Wildman–Crippen LogP) is 1.47. The number of fused-ring (bicyclic) bond motifs is 1. The number of hydrogen-bond acceptors (Lipinski definition) is 1. The summed E-state index contributed by atoms with van der Waals surface area (Å²) in [6.45, 7) is 0. The van der Waals surface area contributed by atoms with E-state index in [2.05, 4.69) is 4.98 Å². The second kappa shape index (κ2) is 1.80. The summed E-state index contributed by atoms with van der Waals surface area (Å²) >= 11 is 0. The molecule has 0 bridgehead atoms. The molecule has 0 spiro atoms. The molecule has 0 atom stereocenters. The first-order valence-corrected chi connectivity index (χ1v) is 2.95. The van der Waals surface area contributed by atoms with Crippen LogP contribution in [-0.4, -0.2) is 9.38 Å². The molecule has 2 aromatic rings. The number of halogens is 1. The van der Waals surface area contributed by atoms with Crippen molar-refractivity contribution in [3.05, 3.63) is 36.5 Å². The molecule has 3 heteroatoms. The van der Waals surface area contributed by atoms with Crippen LogP contribution in [0.2, 0.25) is 0 Å². The molecule has 0 unspecified atom stereocenters. The van der Waals surface area contributed by atoms with Gasteiger partial charge in [0, 0.05) is 18.6 Å². The number of imidazole rings is 1. The Morgan fingerprint density at radius 3 is 3.10 bits per heavy atom. The lowest BCUT2D eigenvalue weighted by Gasteiger charge is -1.90. The summed E-state index contributed by atoms with van der Waals surface area (Å²) in [5.41, 5.74) is 0.377. The molecule has 0 aliphatic carbocycles. The first-order chi connectivity index (χ1) is 4.88. The predicted molar refractivity (Wildman–Crippen MR) is 35.1 cm³/mol. The van der Waals surface area contributed by atoms with E-state index in [9.17, 15) is 4.39 Å².